The Balaban J connectivity index is 1.88. The van der Waals surface area contributed by atoms with Crippen LogP contribution in [-0.4, -0.2) is 22.4 Å². The van der Waals surface area contributed by atoms with Crippen molar-refractivity contribution < 1.29 is 4.79 Å². The number of halogens is 2. The van der Waals surface area contributed by atoms with Crippen LogP contribution in [0.3, 0.4) is 0 Å². The van der Waals surface area contributed by atoms with Gasteiger partial charge < -0.3 is 16.0 Å². The molecule has 0 fully saturated rings. The summed E-state index contributed by atoms with van der Waals surface area (Å²) in [6.07, 6.45) is 1.78. The van der Waals surface area contributed by atoms with Crippen LogP contribution in [-0.2, 0) is 4.79 Å². The molecule has 0 aliphatic rings. The molecule has 1 amide bonds. The number of anilines is 1. The van der Waals surface area contributed by atoms with Crippen LogP contribution in [0.25, 0.3) is 10.9 Å². The first-order valence-corrected chi connectivity index (χ1v) is 8.68. The van der Waals surface area contributed by atoms with Gasteiger partial charge in [-0.25, -0.2) is 4.98 Å². The van der Waals surface area contributed by atoms with E-state index in [1.165, 1.54) is 6.33 Å². The number of hydrogen-bond acceptors (Lipinski definition) is 4. The van der Waals surface area contributed by atoms with Gasteiger partial charge in [-0.05, 0) is 48.9 Å². The van der Waals surface area contributed by atoms with Gasteiger partial charge in [0.05, 0.1) is 33.2 Å². The van der Waals surface area contributed by atoms with Crippen LogP contribution in [0.15, 0.2) is 47.5 Å². The molecule has 0 aliphatic carbocycles. The third kappa shape index (κ3) is 3.88. The third-order valence-electron chi connectivity index (χ3n) is 4.03. The van der Waals surface area contributed by atoms with Gasteiger partial charge in [-0.3, -0.25) is 9.59 Å². The molecule has 8 heteroatoms. The van der Waals surface area contributed by atoms with Crippen molar-refractivity contribution >= 4 is 45.7 Å². The van der Waals surface area contributed by atoms with E-state index >= 15 is 0 Å². The average molecular weight is 391 g/mol. The van der Waals surface area contributed by atoms with Crippen molar-refractivity contribution in [2.24, 2.45) is 5.73 Å². The molecule has 1 aromatic heterocycles. The number of carbonyl (C=O) groups excluding carboxylic acids is 1. The molecule has 0 bridgehead atoms. The molecular weight excluding hydrogens is 375 g/mol. The molecule has 1 atom stereocenters. The van der Waals surface area contributed by atoms with Gasteiger partial charge in [0.2, 0.25) is 5.91 Å². The zero-order chi connectivity index (χ0) is 18.7. The van der Waals surface area contributed by atoms with Crippen LogP contribution < -0.4 is 16.6 Å². The molecule has 4 N–H and O–H groups in total. The summed E-state index contributed by atoms with van der Waals surface area (Å²) in [7, 11) is 0. The molecule has 0 spiro atoms. The highest BCUT2D eigenvalue weighted by Crippen LogP contribution is 2.29. The minimum absolute atomic E-state index is 0.224. The predicted octanol–water partition coefficient (Wildman–Crippen LogP) is 3.30. The largest absolute Gasteiger partial charge is 0.330 e. The monoisotopic (exact) mass is 390 g/mol. The van der Waals surface area contributed by atoms with E-state index in [1.807, 2.05) is 0 Å². The molecule has 134 valence electrons. The fraction of sp³-hybridized carbons (Fsp3) is 0.167. The van der Waals surface area contributed by atoms with Crippen molar-refractivity contribution in [3.63, 3.8) is 0 Å². The molecule has 0 saturated heterocycles. The minimum atomic E-state index is -0.474. The van der Waals surface area contributed by atoms with Crippen LogP contribution in [0, 0.1) is 0 Å². The molecule has 0 saturated carbocycles. The summed E-state index contributed by atoms with van der Waals surface area (Å²) in [5.41, 5.74) is 7.21. The minimum Gasteiger partial charge on any atom is -0.330 e. The summed E-state index contributed by atoms with van der Waals surface area (Å²) in [5, 5.41) is 4.11. The zero-order valence-electron chi connectivity index (χ0n) is 13.6. The SMILES string of the molecule is NCC[C@H](C(=O)Nc1ccc2c(=O)[nH]cnc2c1)c1ccc(Cl)c(Cl)c1. The maximum Gasteiger partial charge on any atom is 0.258 e. The maximum atomic E-state index is 12.8. The number of H-pyrrole nitrogens is 1. The summed E-state index contributed by atoms with van der Waals surface area (Å²) in [6, 6.07) is 10.0. The lowest BCUT2D eigenvalue weighted by molar-refractivity contribution is -0.117. The molecule has 0 aliphatic heterocycles. The first-order valence-electron chi connectivity index (χ1n) is 7.93. The average Bonchev–Trinajstić information content (AvgIpc) is 2.62. The number of nitrogens with two attached hydrogens (primary N) is 1. The van der Waals surface area contributed by atoms with Crippen molar-refractivity contribution in [1.29, 1.82) is 0 Å². The number of carbonyl (C=O) groups is 1. The Morgan fingerprint density at radius 1 is 1.19 bits per heavy atom. The van der Waals surface area contributed by atoms with Crippen LogP contribution >= 0.6 is 23.2 Å². The normalized spacial score (nSPS) is 12.1. The van der Waals surface area contributed by atoms with E-state index in [-0.39, 0.29) is 11.5 Å². The highest BCUT2D eigenvalue weighted by atomic mass is 35.5. The Bertz CT molecular complexity index is 1020. The number of amides is 1. The van der Waals surface area contributed by atoms with Gasteiger partial charge in [0, 0.05) is 5.69 Å². The van der Waals surface area contributed by atoms with E-state index in [2.05, 4.69) is 15.3 Å². The van der Waals surface area contributed by atoms with E-state index in [4.69, 9.17) is 28.9 Å². The van der Waals surface area contributed by atoms with Gasteiger partial charge in [0.25, 0.3) is 5.56 Å². The molecular formula is C18H16Cl2N4O2. The zero-order valence-corrected chi connectivity index (χ0v) is 15.1. The van der Waals surface area contributed by atoms with Crippen LogP contribution in [0.4, 0.5) is 5.69 Å². The molecule has 3 aromatic rings. The first kappa shape index (κ1) is 18.4. The summed E-state index contributed by atoms with van der Waals surface area (Å²) < 4.78 is 0. The van der Waals surface area contributed by atoms with Gasteiger partial charge in [-0.1, -0.05) is 29.3 Å². The van der Waals surface area contributed by atoms with E-state index in [0.717, 1.165) is 5.56 Å². The van der Waals surface area contributed by atoms with Crippen LogP contribution in [0.5, 0.6) is 0 Å². The van der Waals surface area contributed by atoms with Crippen LogP contribution in [0.1, 0.15) is 17.9 Å². The van der Waals surface area contributed by atoms with Gasteiger partial charge in [-0.15, -0.1) is 0 Å². The Morgan fingerprint density at radius 2 is 2.00 bits per heavy atom. The highest BCUT2D eigenvalue weighted by molar-refractivity contribution is 6.42. The summed E-state index contributed by atoms with van der Waals surface area (Å²) in [4.78, 5) is 31.1. The lowest BCUT2D eigenvalue weighted by atomic mass is 9.94. The van der Waals surface area contributed by atoms with E-state index < -0.39 is 5.92 Å². The lowest BCUT2D eigenvalue weighted by Crippen LogP contribution is -2.23. The van der Waals surface area contributed by atoms with Gasteiger partial charge in [0.1, 0.15) is 0 Å². The number of aromatic amines is 1. The molecule has 2 aromatic carbocycles. The number of nitrogens with one attached hydrogen (secondary N) is 2. The number of fused-ring (bicyclic) bond motifs is 1. The Labute approximate surface area is 159 Å². The number of hydrogen-bond donors (Lipinski definition) is 3. The van der Waals surface area contributed by atoms with E-state index in [1.54, 1.807) is 36.4 Å². The lowest BCUT2D eigenvalue weighted by Gasteiger charge is -2.17. The van der Waals surface area contributed by atoms with E-state index in [9.17, 15) is 9.59 Å². The third-order valence-corrected chi connectivity index (χ3v) is 4.77. The molecule has 6 nitrogen and oxygen atoms in total. The van der Waals surface area contributed by atoms with Crippen molar-refractivity contribution in [2.45, 2.75) is 12.3 Å². The Hall–Kier alpha value is -2.41. The highest BCUT2D eigenvalue weighted by Gasteiger charge is 2.21. The quantitative estimate of drug-likeness (QED) is 0.621. The molecule has 26 heavy (non-hydrogen) atoms. The topological polar surface area (TPSA) is 101 Å². The second-order valence-electron chi connectivity index (χ2n) is 5.76. The second kappa shape index (κ2) is 7.86. The molecule has 0 radical (unpaired) electrons. The fourth-order valence-electron chi connectivity index (χ4n) is 2.72. The molecule has 0 unspecified atom stereocenters. The summed E-state index contributed by atoms with van der Waals surface area (Å²) in [5.74, 6) is -0.698. The number of rotatable bonds is 5. The first-order chi connectivity index (χ1) is 12.5. The van der Waals surface area contributed by atoms with Crippen molar-refractivity contribution in [3.8, 4) is 0 Å². The standard InChI is InChI=1S/C18H16Cl2N4O2/c19-14-4-1-10(7-15(14)20)12(5-6-21)18(26)24-11-2-3-13-16(8-11)22-9-23-17(13)25/h1-4,7-9,12H,5-6,21H2,(H,24,26)(H,22,23,25)/t12-/m0/s1. The smallest absolute Gasteiger partial charge is 0.258 e. The van der Waals surface area contributed by atoms with Gasteiger partial charge >= 0.3 is 0 Å². The van der Waals surface area contributed by atoms with Gasteiger partial charge in [-0.2, -0.15) is 0 Å². The van der Waals surface area contributed by atoms with Crippen molar-refractivity contribution in [3.05, 3.63) is 68.7 Å². The molecule has 1 heterocycles. The number of aromatic nitrogens is 2. The fourth-order valence-corrected chi connectivity index (χ4v) is 3.03. The maximum absolute atomic E-state index is 12.8. The number of nitrogens with zero attached hydrogens (tertiary/aromatic N) is 1. The van der Waals surface area contributed by atoms with Gasteiger partial charge in [0.15, 0.2) is 0 Å². The Morgan fingerprint density at radius 3 is 2.73 bits per heavy atom. The van der Waals surface area contributed by atoms with Crippen molar-refractivity contribution in [2.75, 3.05) is 11.9 Å². The second-order valence-corrected chi connectivity index (χ2v) is 6.57. The van der Waals surface area contributed by atoms with Crippen molar-refractivity contribution in [1.82, 2.24) is 9.97 Å². The predicted molar refractivity (Wildman–Crippen MR) is 104 cm³/mol. The summed E-state index contributed by atoms with van der Waals surface area (Å²) in [6.45, 7) is 0.340. The number of benzene rings is 2. The van der Waals surface area contributed by atoms with Crippen LogP contribution in [0.2, 0.25) is 10.0 Å². The summed E-state index contributed by atoms with van der Waals surface area (Å²) >= 11 is 12.0. The van der Waals surface area contributed by atoms with E-state index in [0.29, 0.717) is 39.6 Å². The molecule has 3 rings (SSSR count). The Kier molecular flexibility index (Phi) is 5.56.